The zero-order valence-electron chi connectivity index (χ0n) is 23.8. The van der Waals surface area contributed by atoms with E-state index in [9.17, 15) is 18.8 Å². The van der Waals surface area contributed by atoms with E-state index in [0.717, 1.165) is 22.9 Å². The molecular formula is C33H32FN5O4. The Balaban J connectivity index is 1.37. The molecule has 3 amide bonds. The van der Waals surface area contributed by atoms with Crippen LogP contribution in [0.25, 0.3) is 16.9 Å². The van der Waals surface area contributed by atoms with Crippen molar-refractivity contribution in [3.63, 3.8) is 0 Å². The number of carbonyl (C=O) groups excluding carboxylic acids is 3. The Hall–Kier alpha value is -4.99. The Kier molecular flexibility index (Phi) is 7.91. The SMILES string of the molecule is Cc1ccc(-c2nn(-c3ccccc3)cc2C(=O)N2[C@@H]3CC[C@H]2CC(=O)NCCOc2ccc(F)cc2C(=O)NC3)cc1. The fraction of sp³-hybridized carbons (Fsp3) is 0.273. The Morgan fingerprint density at radius 3 is 2.53 bits per heavy atom. The molecule has 0 radical (unpaired) electrons. The first kappa shape index (κ1) is 28.1. The van der Waals surface area contributed by atoms with E-state index >= 15 is 0 Å². The lowest BCUT2D eigenvalue weighted by atomic mass is 10.0. The molecule has 1 saturated heterocycles. The number of hydrogen-bond donors (Lipinski definition) is 2. The summed E-state index contributed by atoms with van der Waals surface area (Å²) in [7, 11) is 0. The molecule has 2 bridgehead atoms. The van der Waals surface area contributed by atoms with Crippen LogP contribution in [0.5, 0.6) is 5.75 Å². The number of nitrogens with zero attached hydrogens (tertiary/aromatic N) is 3. The second-order valence-electron chi connectivity index (χ2n) is 10.9. The predicted octanol–water partition coefficient (Wildman–Crippen LogP) is 4.29. The zero-order valence-corrected chi connectivity index (χ0v) is 23.8. The van der Waals surface area contributed by atoms with Gasteiger partial charge in [0.15, 0.2) is 0 Å². The van der Waals surface area contributed by atoms with E-state index in [1.54, 1.807) is 15.8 Å². The Morgan fingerprint density at radius 1 is 0.977 bits per heavy atom. The van der Waals surface area contributed by atoms with Gasteiger partial charge in [-0.05, 0) is 50.1 Å². The van der Waals surface area contributed by atoms with E-state index in [2.05, 4.69) is 10.6 Å². The van der Waals surface area contributed by atoms with E-state index in [4.69, 9.17) is 9.84 Å². The highest BCUT2D eigenvalue weighted by atomic mass is 19.1. The second kappa shape index (κ2) is 12.1. The smallest absolute Gasteiger partial charge is 0.258 e. The Bertz CT molecular complexity index is 1650. The van der Waals surface area contributed by atoms with Gasteiger partial charge in [0.1, 0.15) is 23.9 Å². The first-order valence-corrected chi connectivity index (χ1v) is 14.4. The number of ether oxygens (including phenoxy) is 1. The Labute approximate surface area is 248 Å². The summed E-state index contributed by atoms with van der Waals surface area (Å²) >= 11 is 0. The molecule has 2 atom stereocenters. The van der Waals surface area contributed by atoms with Crippen LogP contribution < -0.4 is 15.4 Å². The van der Waals surface area contributed by atoms with Gasteiger partial charge in [0.05, 0.1) is 23.4 Å². The number of fused-ring (bicyclic) bond motifs is 3. The summed E-state index contributed by atoms with van der Waals surface area (Å²) in [5, 5.41) is 10.5. The minimum Gasteiger partial charge on any atom is -0.491 e. The lowest BCUT2D eigenvalue weighted by molar-refractivity contribution is -0.122. The number of aromatic nitrogens is 2. The molecule has 3 heterocycles. The minimum absolute atomic E-state index is 0.0570. The van der Waals surface area contributed by atoms with E-state index in [1.165, 1.54) is 12.1 Å². The average molecular weight is 582 g/mol. The molecule has 0 spiro atoms. The minimum atomic E-state index is -0.566. The maximum Gasteiger partial charge on any atom is 0.258 e. The summed E-state index contributed by atoms with van der Waals surface area (Å²) in [6.45, 7) is 2.43. The van der Waals surface area contributed by atoms with Crippen molar-refractivity contribution in [1.82, 2.24) is 25.3 Å². The van der Waals surface area contributed by atoms with Crippen molar-refractivity contribution in [3.8, 4) is 22.7 Å². The topological polar surface area (TPSA) is 106 Å². The highest BCUT2D eigenvalue weighted by molar-refractivity contribution is 6.01. The van der Waals surface area contributed by atoms with E-state index in [-0.39, 0.29) is 61.3 Å². The molecule has 6 rings (SSSR count). The van der Waals surface area contributed by atoms with Gasteiger partial charge in [0.25, 0.3) is 11.8 Å². The lowest BCUT2D eigenvalue weighted by Crippen LogP contribution is -2.48. The molecular weight excluding hydrogens is 549 g/mol. The fourth-order valence-electron chi connectivity index (χ4n) is 5.75. The number of hydrogen-bond acceptors (Lipinski definition) is 5. The maximum absolute atomic E-state index is 14.5. The van der Waals surface area contributed by atoms with E-state index in [1.807, 2.05) is 61.5 Å². The van der Waals surface area contributed by atoms with Crippen molar-refractivity contribution in [2.45, 2.75) is 38.3 Å². The molecule has 1 aromatic heterocycles. The number of carbonyl (C=O) groups is 3. The van der Waals surface area contributed by atoms with Gasteiger partial charge in [0.2, 0.25) is 5.91 Å². The highest BCUT2D eigenvalue weighted by Gasteiger charge is 2.40. The van der Waals surface area contributed by atoms with E-state index in [0.29, 0.717) is 24.1 Å². The summed E-state index contributed by atoms with van der Waals surface area (Å²) in [6.07, 6.45) is 3.02. The number of rotatable bonds is 3. The van der Waals surface area contributed by atoms with Gasteiger partial charge >= 0.3 is 0 Å². The molecule has 0 unspecified atom stereocenters. The summed E-state index contributed by atoms with van der Waals surface area (Å²) in [4.78, 5) is 42.4. The van der Waals surface area contributed by atoms with Crippen molar-refractivity contribution in [2.75, 3.05) is 19.7 Å². The number of para-hydroxylation sites is 1. The van der Waals surface area contributed by atoms with Gasteiger partial charge in [-0.15, -0.1) is 0 Å². The van der Waals surface area contributed by atoms with Gasteiger partial charge in [-0.25, -0.2) is 9.07 Å². The molecule has 2 aliphatic rings. The van der Waals surface area contributed by atoms with Crippen LogP contribution in [0.2, 0.25) is 0 Å². The highest BCUT2D eigenvalue weighted by Crippen LogP contribution is 2.32. The molecule has 3 aromatic carbocycles. The molecule has 0 aliphatic carbocycles. The van der Waals surface area contributed by atoms with Gasteiger partial charge in [-0.3, -0.25) is 14.4 Å². The van der Waals surface area contributed by atoms with Crippen LogP contribution in [0.3, 0.4) is 0 Å². The maximum atomic E-state index is 14.5. The van der Waals surface area contributed by atoms with Crippen molar-refractivity contribution in [3.05, 3.63) is 102 Å². The molecule has 9 nitrogen and oxygen atoms in total. The Morgan fingerprint density at radius 2 is 1.74 bits per heavy atom. The third-order valence-electron chi connectivity index (χ3n) is 7.93. The first-order chi connectivity index (χ1) is 20.9. The fourth-order valence-corrected chi connectivity index (χ4v) is 5.75. The lowest BCUT2D eigenvalue weighted by Gasteiger charge is -2.31. The number of nitrogens with one attached hydrogen (secondary N) is 2. The molecule has 2 aliphatic heterocycles. The van der Waals surface area contributed by atoms with E-state index < -0.39 is 11.7 Å². The third kappa shape index (κ3) is 5.99. The summed E-state index contributed by atoms with van der Waals surface area (Å²) < 4.78 is 21.4. The summed E-state index contributed by atoms with van der Waals surface area (Å²) in [5.74, 6) is -1.31. The molecule has 220 valence electrons. The quantitative estimate of drug-likeness (QED) is 0.376. The molecule has 4 aromatic rings. The average Bonchev–Trinajstić information content (AvgIpc) is 3.63. The van der Waals surface area contributed by atoms with Crippen molar-refractivity contribution >= 4 is 17.7 Å². The summed E-state index contributed by atoms with van der Waals surface area (Å²) in [6, 6.07) is 20.3. The van der Waals surface area contributed by atoms with Gasteiger partial charge in [-0.2, -0.15) is 5.10 Å². The van der Waals surface area contributed by atoms with Gasteiger partial charge in [0, 0.05) is 36.8 Å². The monoisotopic (exact) mass is 581 g/mol. The standard InChI is InChI=1S/C33H32FN5O4/c1-21-7-9-22(10-8-21)31-28(20-38(37-31)24-5-3-2-4-6-24)33(42)39-25-12-13-26(39)19-36-32(41)27-17-23(34)11-14-29(27)43-16-15-35-30(40)18-25/h2-11,14,17,20,25-26H,12-13,15-16,18-19H2,1H3,(H,35,40)(H,36,41)/t25-,26+/m0/s1. The molecule has 10 heteroatoms. The number of amides is 3. The number of halogens is 1. The molecule has 2 N–H and O–H groups in total. The number of benzene rings is 3. The van der Waals surface area contributed by atoms with Crippen molar-refractivity contribution in [2.24, 2.45) is 0 Å². The van der Waals surface area contributed by atoms with Crippen LogP contribution in [0.4, 0.5) is 4.39 Å². The van der Waals surface area contributed by atoms with Crippen LogP contribution in [-0.4, -0.2) is 64.2 Å². The largest absolute Gasteiger partial charge is 0.491 e. The molecule has 0 saturated carbocycles. The van der Waals surface area contributed by atoms with Gasteiger partial charge < -0.3 is 20.3 Å². The van der Waals surface area contributed by atoms with Crippen LogP contribution in [-0.2, 0) is 4.79 Å². The molecule has 43 heavy (non-hydrogen) atoms. The van der Waals surface area contributed by atoms with Crippen LogP contribution in [0, 0.1) is 12.7 Å². The zero-order chi connectivity index (χ0) is 29.9. The normalized spacial score (nSPS) is 19.1. The van der Waals surface area contributed by atoms with Crippen LogP contribution in [0.15, 0.2) is 79.0 Å². The van der Waals surface area contributed by atoms with Crippen molar-refractivity contribution in [1.29, 1.82) is 0 Å². The van der Waals surface area contributed by atoms with Gasteiger partial charge in [-0.1, -0.05) is 48.0 Å². The second-order valence-corrected chi connectivity index (χ2v) is 10.9. The summed E-state index contributed by atoms with van der Waals surface area (Å²) in [5.41, 5.74) is 3.67. The van der Waals surface area contributed by atoms with Crippen LogP contribution in [0.1, 0.15) is 45.5 Å². The first-order valence-electron chi connectivity index (χ1n) is 14.4. The molecule has 1 fully saturated rings. The van der Waals surface area contributed by atoms with Crippen LogP contribution >= 0.6 is 0 Å². The third-order valence-corrected chi connectivity index (χ3v) is 7.93. The van der Waals surface area contributed by atoms with Crippen molar-refractivity contribution < 1.29 is 23.5 Å². The predicted molar refractivity (Wildman–Crippen MR) is 159 cm³/mol. The number of aryl methyl sites for hydroxylation is 1.